The summed E-state index contributed by atoms with van der Waals surface area (Å²) in [6.45, 7) is 1.64. The van der Waals surface area contributed by atoms with Gasteiger partial charge in [0.1, 0.15) is 5.54 Å². The summed E-state index contributed by atoms with van der Waals surface area (Å²) in [6.07, 6.45) is 0.987. The zero-order valence-corrected chi connectivity index (χ0v) is 11.9. The molecule has 112 valence electrons. The third-order valence-corrected chi connectivity index (χ3v) is 3.58. The van der Waals surface area contributed by atoms with Crippen LogP contribution in [0.25, 0.3) is 0 Å². The fraction of sp³-hybridized carbons (Fsp3) is 0.357. The number of urea groups is 1. The molecule has 0 aliphatic carbocycles. The van der Waals surface area contributed by atoms with Crippen molar-refractivity contribution in [2.24, 2.45) is 5.84 Å². The van der Waals surface area contributed by atoms with E-state index in [9.17, 15) is 14.4 Å². The number of rotatable bonds is 4. The molecule has 21 heavy (non-hydrogen) atoms. The molecule has 3 amide bonds. The minimum Gasteiger partial charge on any atom is -0.465 e. The number of hydrogen-bond donors (Lipinski definition) is 2. The second kappa shape index (κ2) is 5.53. The van der Waals surface area contributed by atoms with E-state index in [4.69, 9.17) is 5.84 Å². The molecule has 7 heteroatoms. The number of nitrogens with one attached hydrogen (secondary N) is 1. The van der Waals surface area contributed by atoms with Gasteiger partial charge in [0.15, 0.2) is 0 Å². The summed E-state index contributed by atoms with van der Waals surface area (Å²) in [5.41, 5.74) is 0.416. The smallest absolute Gasteiger partial charge is 0.339 e. The third kappa shape index (κ3) is 2.87. The van der Waals surface area contributed by atoms with Crippen molar-refractivity contribution in [1.29, 1.82) is 0 Å². The number of methoxy groups -OCH3 is 1. The van der Waals surface area contributed by atoms with E-state index in [0.717, 1.165) is 5.56 Å². The van der Waals surface area contributed by atoms with Crippen molar-refractivity contribution in [2.75, 3.05) is 7.11 Å². The van der Waals surface area contributed by atoms with Crippen molar-refractivity contribution >= 4 is 17.9 Å². The van der Waals surface area contributed by atoms with Gasteiger partial charge in [-0.1, -0.05) is 12.1 Å². The maximum atomic E-state index is 11.9. The highest BCUT2D eigenvalue weighted by Gasteiger charge is 2.46. The number of nitrogens with zero attached hydrogens (tertiary/aromatic N) is 1. The van der Waals surface area contributed by atoms with E-state index in [1.165, 1.54) is 7.11 Å². The average Bonchev–Trinajstić information content (AvgIpc) is 2.69. The number of ether oxygens (including phenoxy) is 1. The van der Waals surface area contributed by atoms with Crippen molar-refractivity contribution in [1.82, 2.24) is 10.3 Å². The molecule has 0 saturated carbocycles. The van der Waals surface area contributed by atoms with E-state index in [-0.39, 0.29) is 0 Å². The van der Waals surface area contributed by atoms with Crippen LogP contribution in [0.2, 0.25) is 0 Å². The van der Waals surface area contributed by atoms with Crippen LogP contribution in [0.4, 0.5) is 4.79 Å². The summed E-state index contributed by atoms with van der Waals surface area (Å²) < 4.78 is 4.62. The van der Waals surface area contributed by atoms with Crippen molar-refractivity contribution in [3.05, 3.63) is 35.4 Å². The van der Waals surface area contributed by atoms with Crippen LogP contribution in [0, 0.1) is 0 Å². The highest BCUT2D eigenvalue weighted by molar-refractivity contribution is 6.06. The lowest BCUT2D eigenvalue weighted by molar-refractivity contribution is -0.131. The van der Waals surface area contributed by atoms with Crippen molar-refractivity contribution in [3.8, 4) is 0 Å². The van der Waals surface area contributed by atoms with Crippen molar-refractivity contribution in [2.45, 2.75) is 25.3 Å². The second-order valence-electron chi connectivity index (χ2n) is 5.13. The van der Waals surface area contributed by atoms with Crippen LogP contribution < -0.4 is 11.2 Å². The van der Waals surface area contributed by atoms with E-state index in [0.29, 0.717) is 23.4 Å². The van der Waals surface area contributed by atoms with Crippen LogP contribution in [-0.4, -0.2) is 35.6 Å². The van der Waals surface area contributed by atoms with Gasteiger partial charge in [-0.05, 0) is 37.5 Å². The molecule has 0 unspecified atom stereocenters. The minimum absolute atomic E-state index is 0.398. The number of hydrogen-bond acceptors (Lipinski definition) is 5. The maximum Gasteiger partial charge on any atom is 0.339 e. The Morgan fingerprint density at radius 1 is 1.33 bits per heavy atom. The molecular formula is C14H17N3O4. The average molecular weight is 291 g/mol. The molecule has 0 bridgehead atoms. The fourth-order valence-electron chi connectivity index (χ4n) is 2.20. The number of nitrogens with two attached hydrogens (primary N) is 1. The highest BCUT2D eigenvalue weighted by Crippen LogP contribution is 2.21. The first kappa shape index (κ1) is 15.0. The summed E-state index contributed by atoms with van der Waals surface area (Å²) in [6, 6.07) is 6.30. The van der Waals surface area contributed by atoms with Crippen LogP contribution in [0.3, 0.4) is 0 Å². The first-order valence-corrected chi connectivity index (χ1v) is 6.46. The predicted molar refractivity (Wildman–Crippen MR) is 74.1 cm³/mol. The van der Waals surface area contributed by atoms with Crippen LogP contribution >= 0.6 is 0 Å². The molecule has 0 spiro atoms. The minimum atomic E-state index is -0.993. The molecule has 0 aromatic heterocycles. The number of imide groups is 1. The fourth-order valence-corrected chi connectivity index (χ4v) is 2.20. The zero-order valence-electron chi connectivity index (χ0n) is 11.9. The molecule has 1 saturated heterocycles. The van der Waals surface area contributed by atoms with Gasteiger partial charge in [-0.2, -0.15) is 5.01 Å². The van der Waals surface area contributed by atoms with Gasteiger partial charge >= 0.3 is 12.0 Å². The molecule has 1 aromatic carbocycles. The summed E-state index contributed by atoms with van der Waals surface area (Å²) in [7, 11) is 1.32. The number of amides is 3. The van der Waals surface area contributed by atoms with Crippen LogP contribution in [0.15, 0.2) is 24.3 Å². The number of aryl methyl sites for hydroxylation is 1. The molecule has 0 radical (unpaired) electrons. The Balaban J connectivity index is 2.02. The Labute approximate surface area is 122 Å². The van der Waals surface area contributed by atoms with E-state index in [1.807, 2.05) is 0 Å². The van der Waals surface area contributed by atoms with Gasteiger partial charge < -0.3 is 10.1 Å². The Bertz CT molecular complexity index is 584. The number of benzene rings is 1. The molecule has 1 atom stereocenters. The first-order chi connectivity index (χ1) is 9.87. The normalized spacial score (nSPS) is 21.4. The lowest BCUT2D eigenvalue weighted by Gasteiger charge is -2.20. The Hall–Kier alpha value is -2.41. The van der Waals surface area contributed by atoms with Gasteiger partial charge in [-0.25, -0.2) is 15.4 Å². The van der Waals surface area contributed by atoms with Gasteiger partial charge in [0.2, 0.25) is 0 Å². The van der Waals surface area contributed by atoms with Crippen LogP contribution in [0.5, 0.6) is 0 Å². The number of carbonyl (C=O) groups excluding carboxylic acids is 3. The van der Waals surface area contributed by atoms with Gasteiger partial charge in [-0.15, -0.1) is 0 Å². The summed E-state index contributed by atoms with van der Waals surface area (Å²) >= 11 is 0. The lowest BCUT2D eigenvalue weighted by Crippen LogP contribution is -2.45. The van der Waals surface area contributed by atoms with E-state index in [2.05, 4.69) is 10.1 Å². The SMILES string of the molecule is COC(=O)c1ccc(CC[C@]2(C)NC(=O)N(N)C2=O)cc1. The molecule has 1 aliphatic rings. The quantitative estimate of drug-likeness (QED) is 0.366. The van der Waals surface area contributed by atoms with Gasteiger partial charge in [0.05, 0.1) is 12.7 Å². The second-order valence-corrected chi connectivity index (χ2v) is 5.13. The van der Waals surface area contributed by atoms with Crippen molar-refractivity contribution in [3.63, 3.8) is 0 Å². The van der Waals surface area contributed by atoms with Gasteiger partial charge in [0.25, 0.3) is 5.91 Å². The first-order valence-electron chi connectivity index (χ1n) is 6.46. The Morgan fingerprint density at radius 3 is 2.43 bits per heavy atom. The zero-order chi connectivity index (χ0) is 15.6. The van der Waals surface area contributed by atoms with Gasteiger partial charge in [-0.3, -0.25) is 4.79 Å². The van der Waals surface area contributed by atoms with Crippen molar-refractivity contribution < 1.29 is 19.1 Å². The molecular weight excluding hydrogens is 274 g/mol. The number of hydrazine groups is 1. The third-order valence-electron chi connectivity index (χ3n) is 3.58. The maximum absolute atomic E-state index is 11.9. The Morgan fingerprint density at radius 2 is 1.95 bits per heavy atom. The molecule has 7 nitrogen and oxygen atoms in total. The van der Waals surface area contributed by atoms with Crippen LogP contribution in [-0.2, 0) is 16.0 Å². The standard InChI is InChI=1S/C14H17N3O4/c1-14(12(19)17(15)13(20)16-14)8-7-9-3-5-10(6-4-9)11(18)21-2/h3-6H,7-8,15H2,1-2H3,(H,16,20)/t14-/m0/s1. The summed E-state index contributed by atoms with van der Waals surface area (Å²) in [5, 5.41) is 3.17. The molecule has 2 rings (SSSR count). The van der Waals surface area contributed by atoms with E-state index in [1.54, 1.807) is 31.2 Å². The molecule has 1 aliphatic heterocycles. The monoisotopic (exact) mass is 291 g/mol. The topological polar surface area (TPSA) is 102 Å². The summed E-state index contributed by atoms with van der Waals surface area (Å²) in [4.78, 5) is 34.6. The van der Waals surface area contributed by atoms with Crippen LogP contribution in [0.1, 0.15) is 29.3 Å². The lowest BCUT2D eigenvalue weighted by atomic mass is 9.93. The summed E-state index contributed by atoms with van der Waals surface area (Å²) in [5.74, 6) is 4.51. The highest BCUT2D eigenvalue weighted by atomic mass is 16.5. The molecule has 1 aromatic rings. The molecule has 1 fully saturated rings. The van der Waals surface area contributed by atoms with E-state index >= 15 is 0 Å². The molecule has 1 heterocycles. The Kier molecular flexibility index (Phi) is 3.95. The predicted octanol–water partition coefficient (Wildman–Crippen LogP) is 0.590. The molecule has 3 N–H and O–H groups in total. The number of esters is 1. The largest absolute Gasteiger partial charge is 0.465 e. The van der Waals surface area contributed by atoms with Gasteiger partial charge in [0, 0.05) is 0 Å². The van der Waals surface area contributed by atoms with E-state index < -0.39 is 23.4 Å². The number of carbonyl (C=O) groups is 3.